The Hall–Kier alpha value is -3.51. The van der Waals surface area contributed by atoms with Crippen molar-refractivity contribution in [3.8, 4) is 0 Å². The van der Waals surface area contributed by atoms with Crippen LogP contribution in [0.15, 0.2) is 66.7 Å². The van der Waals surface area contributed by atoms with Gasteiger partial charge in [-0.15, -0.1) is 0 Å². The molecule has 0 saturated carbocycles. The maximum absolute atomic E-state index is 12.4. The van der Waals surface area contributed by atoms with Gasteiger partial charge in [-0.3, -0.25) is 9.59 Å². The Balaban J connectivity index is 1.72. The number of halogens is 1. The van der Waals surface area contributed by atoms with Crippen molar-refractivity contribution in [2.24, 2.45) is 0 Å². The molecule has 3 rings (SSSR count). The second-order valence-corrected chi connectivity index (χ2v) is 6.25. The highest BCUT2D eigenvalue weighted by Crippen LogP contribution is 2.21. The van der Waals surface area contributed by atoms with Crippen molar-refractivity contribution in [1.29, 1.82) is 0 Å². The number of hydrogen-bond acceptors (Lipinski definition) is 4. The molecule has 0 aliphatic rings. The molecule has 3 aromatic rings. The van der Waals surface area contributed by atoms with Crippen LogP contribution in [-0.2, 0) is 0 Å². The number of amides is 2. The Kier molecular flexibility index (Phi) is 5.28. The van der Waals surface area contributed by atoms with E-state index in [4.69, 9.17) is 23.1 Å². The van der Waals surface area contributed by atoms with Gasteiger partial charge in [-0.1, -0.05) is 11.6 Å². The van der Waals surface area contributed by atoms with Gasteiger partial charge in [-0.05, 0) is 66.7 Å². The molecule has 3 aromatic carbocycles. The minimum Gasteiger partial charge on any atom is -0.399 e. The van der Waals surface area contributed by atoms with Gasteiger partial charge in [0.1, 0.15) is 0 Å². The summed E-state index contributed by atoms with van der Waals surface area (Å²) in [6.45, 7) is 0. The van der Waals surface area contributed by atoms with Gasteiger partial charge in [0.2, 0.25) is 0 Å². The summed E-state index contributed by atoms with van der Waals surface area (Å²) in [4.78, 5) is 24.7. The summed E-state index contributed by atoms with van der Waals surface area (Å²) in [5.74, 6) is -0.720. The minimum atomic E-state index is -0.379. The van der Waals surface area contributed by atoms with Gasteiger partial charge in [0, 0.05) is 28.3 Å². The Morgan fingerprint density at radius 1 is 0.704 bits per heavy atom. The monoisotopic (exact) mass is 380 g/mol. The molecule has 6 nitrogen and oxygen atoms in total. The molecule has 2 amide bonds. The number of benzene rings is 3. The molecule has 0 aliphatic carbocycles. The van der Waals surface area contributed by atoms with Gasteiger partial charge in [-0.2, -0.15) is 0 Å². The van der Waals surface area contributed by atoms with Gasteiger partial charge in [0.25, 0.3) is 11.8 Å². The Morgan fingerprint density at radius 2 is 1.19 bits per heavy atom. The Labute approximate surface area is 161 Å². The van der Waals surface area contributed by atoms with E-state index < -0.39 is 0 Å². The highest BCUT2D eigenvalue weighted by Gasteiger charge is 2.14. The summed E-state index contributed by atoms with van der Waals surface area (Å²) in [7, 11) is 0. The van der Waals surface area contributed by atoms with Crippen molar-refractivity contribution < 1.29 is 9.59 Å². The lowest BCUT2D eigenvalue weighted by atomic mass is 10.1. The predicted octanol–water partition coefficient (Wildman–Crippen LogP) is 4.01. The fraction of sp³-hybridized carbons (Fsp3) is 0. The van der Waals surface area contributed by atoms with Crippen LogP contribution in [0, 0.1) is 0 Å². The van der Waals surface area contributed by atoms with Crippen LogP contribution in [0.2, 0.25) is 5.02 Å². The number of anilines is 4. The molecule has 0 radical (unpaired) electrons. The average molecular weight is 381 g/mol. The van der Waals surface area contributed by atoms with E-state index >= 15 is 0 Å². The molecule has 0 fully saturated rings. The lowest BCUT2D eigenvalue weighted by molar-refractivity contribution is 0.101. The van der Waals surface area contributed by atoms with E-state index in [0.717, 1.165) is 0 Å². The third kappa shape index (κ3) is 4.56. The average Bonchev–Trinajstić information content (AvgIpc) is 2.65. The molecule has 0 unspecified atom stereocenters. The molecule has 0 aliphatic heterocycles. The van der Waals surface area contributed by atoms with Gasteiger partial charge < -0.3 is 22.1 Å². The third-order valence-electron chi connectivity index (χ3n) is 3.81. The van der Waals surface area contributed by atoms with Crippen molar-refractivity contribution in [2.75, 3.05) is 22.1 Å². The topological polar surface area (TPSA) is 110 Å². The number of rotatable bonds is 4. The van der Waals surface area contributed by atoms with Crippen molar-refractivity contribution in [3.05, 3.63) is 82.9 Å². The minimum absolute atomic E-state index is 0.174. The van der Waals surface area contributed by atoms with E-state index in [-0.39, 0.29) is 22.4 Å². The van der Waals surface area contributed by atoms with Gasteiger partial charge in [0.05, 0.1) is 10.6 Å². The summed E-state index contributed by atoms with van der Waals surface area (Å²) in [6.07, 6.45) is 0. The van der Waals surface area contributed by atoms with Gasteiger partial charge >= 0.3 is 0 Å². The molecule has 7 heteroatoms. The summed E-state index contributed by atoms with van der Waals surface area (Å²) >= 11 is 6.21. The SMILES string of the molecule is Nc1ccc(NC(=O)c2ccc(C(=O)Nc3ccc(N)cc3)c(Cl)c2)cc1. The lowest BCUT2D eigenvalue weighted by Gasteiger charge is -2.09. The standard InChI is InChI=1S/C20H17ClN4O2/c21-18-11-12(19(26)24-15-6-2-13(22)3-7-15)1-10-17(18)20(27)25-16-8-4-14(23)5-9-16/h1-11H,22-23H2,(H,24,26)(H,25,27). The van der Waals surface area contributed by atoms with Crippen LogP contribution < -0.4 is 22.1 Å². The molecule has 0 spiro atoms. The molecule has 0 atom stereocenters. The Morgan fingerprint density at radius 3 is 1.67 bits per heavy atom. The van der Waals surface area contributed by atoms with Crippen molar-refractivity contribution >= 4 is 46.2 Å². The molecule has 27 heavy (non-hydrogen) atoms. The van der Waals surface area contributed by atoms with E-state index in [0.29, 0.717) is 28.3 Å². The number of carbonyl (C=O) groups is 2. The first-order valence-corrected chi connectivity index (χ1v) is 8.43. The highest BCUT2D eigenvalue weighted by molar-refractivity contribution is 6.35. The molecule has 0 bridgehead atoms. The first kappa shape index (κ1) is 18.3. The maximum atomic E-state index is 12.4. The summed E-state index contributed by atoms with van der Waals surface area (Å²) in [5, 5.41) is 5.64. The van der Waals surface area contributed by atoms with Crippen LogP contribution >= 0.6 is 11.6 Å². The smallest absolute Gasteiger partial charge is 0.257 e. The molecular weight excluding hydrogens is 364 g/mol. The molecule has 136 valence electrons. The third-order valence-corrected chi connectivity index (χ3v) is 4.13. The second kappa shape index (κ2) is 7.80. The summed E-state index contributed by atoms with van der Waals surface area (Å²) in [6, 6.07) is 18.0. The first-order valence-electron chi connectivity index (χ1n) is 8.06. The zero-order chi connectivity index (χ0) is 19.4. The van der Waals surface area contributed by atoms with E-state index in [1.54, 1.807) is 48.5 Å². The van der Waals surface area contributed by atoms with Gasteiger partial charge in [-0.25, -0.2) is 0 Å². The number of carbonyl (C=O) groups excluding carboxylic acids is 2. The van der Waals surface area contributed by atoms with Crippen LogP contribution in [-0.4, -0.2) is 11.8 Å². The number of nitrogen functional groups attached to an aromatic ring is 2. The van der Waals surface area contributed by atoms with E-state index in [9.17, 15) is 9.59 Å². The van der Waals surface area contributed by atoms with E-state index in [2.05, 4.69) is 10.6 Å². The van der Waals surface area contributed by atoms with E-state index in [1.165, 1.54) is 18.2 Å². The Bertz CT molecular complexity index is 986. The summed E-state index contributed by atoms with van der Waals surface area (Å²) in [5.41, 5.74) is 14.2. The molecule has 6 N–H and O–H groups in total. The molecule has 0 aromatic heterocycles. The quantitative estimate of drug-likeness (QED) is 0.512. The molecular formula is C20H17ClN4O2. The largest absolute Gasteiger partial charge is 0.399 e. The summed E-state index contributed by atoms with van der Waals surface area (Å²) < 4.78 is 0. The van der Waals surface area contributed by atoms with Crippen LogP contribution in [0.25, 0.3) is 0 Å². The number of nitrogens with one attached hydrogen (secondary N) is 2. The van der Waals surface area contributed by atoms with Gasteiger partial charge in [0.15, 0.2) is 0 Å². The van der Waals surface area contributed by atoms with E-state index in [1.807, 2.05) is 0 Å². The van der Waals surface area contributed by atoms with Crippen LogP contribution in [0.3, 0.4) is 0 Å². The normalized spacial score (nSPS) is 10.3. The molecule has 0 saturated heterocycles. The van der Waals surface area contributed by atoms with Crippen molar-refractivity contribution in [2.45, 2.75) is 0 Å². The zero-order valence-electron chi connectivity index (χ0n) is 14.2. The fourth-order valence-corrected chi connectivity index (χ4v) is 2.64. The number of nitrogens with two attached hydrogens (primary N) is 2. The highest BCUT2D eigenvalue weighted by atomic mass is 35.5. The van der Waals surface area contributed by atoms with Crippen molar-refractivity contribution in [3.63, 3.8) is 0 Å². The van der Waals surface area contributed by atoms with Crippen LogP contribution in [0.1, 0.15) is 20.7 Å². The maximum Gasteiger partial charge on any atom is 0.257 e. The zero-order valence-corrected chi connectivity index (χ0v) is 15.0. The van der Waals surface area contributed by atoms with Crippen molar-refractivity contribution in [1.82, 2.24) is 0 Å². The number of hydrogen-bond donors (Lipinski definition) is 4. The van der Waals surface area contributed by atoms with Crippen LogP contribution in [0.4, 0.5) is 22.7 Å². The fourth-order valence-electron chi connectivity index (χ4n) is 2.38. The second-order valence-electron chi connectivity index (χ2n) is 5.85. The first-order chi connectivity index (χ1) is 12.9. The van der Waals surface area contributed by atoms with Crippen LogP contribution in [0.5, 0.6) is 0 Å². The lowest BCUT2D eigenvalue weighted by Crippen LogP contribution is -2.15. The predicted molar refractivity (Wildman–Crippen MR) is 109 cm³/mol. The molecule has 0 heterocycles.